The summed E-state index contributed by atoms with van der Waals surface area (Å²) in [5.41, 5.74) is 1.28. The molecule has 0 aliphatic carbocycles. The van der Waals surface area contributed by atoms with Crippen molar-refractivity contribution in [2.24, 2.45) is 0 Å². The van der Waals surface area contributed by atoms with Gasteiger partial charge in [-0.25, -0.2) is 4.39 Å². The smallest absolute Gasteiger partial charge is 0.227 e. The zero-order chi connectivity index (χ0) is 18.5. The van der Waals surface area contributed by atoms with Crippen LogP contribution >= 0.6 is 15.9 Å². The average Bonchev–Trinajstić information content (AvgIpc) is 2.64. The Labute approximate surface area is 160 Å². The molecule has 0 spiro atoms. The number of halogens is 2. The highest BCUT2D eigenvalue weighted by atomic mass is 79.9. The van der Waals surface area contributed by atoms with Crippen LogP contribution in [-0.4, -0.2) is 30.6 Å². The lowest BCUT2D eigenvalue weighted by atomic mass is 10.1. The first kappa shape index (κ1) is 18.5. The molecule has 1 aliphatic heterocycles. The molecule has 0 bridgehead atoms. The van der Waals surface area contributed by atoms with Gasteiger partial charge in [-0.15, -0.1) is 6.58 Å². The van der Waals surface area contributed by atoms with Crippen molar-refractivity contribution in [2.75, 3.05) is 19.8 Å². The quantitative estimate of drug-likeness (QED) is 0.661. The molecule has 1 amide bonds. The molecule has 4 nitrogen and oxygen atoms in total. The second-order valence-corrected chi connectivity index (χ2v) is 6.87. The Bertz CT molecular complexity index is 825. The maximum Gasteiger partial charge on any atom is 0.227 e. The zero-order valence-electron chi connectivity index (χ0n) is 14.2. The molecule has 3 rings (SSSR count). The van der Waals surface area contributed by atoms with Crippen LogP contribution < -0.4 is 9.47 Å². The third-order valence-corrected chi connectivity index (χ3v) is 4.53. The van der Waals surface area contributed by atoms with Crippen molar-refractivity contribution in [3.05, 3.63) is 70.5 Å². The fourth-order valence-corrected chi connectivity index (χ4v) is 3.17. The average molecular weight is 420 g/mol. The van der Waals surface area contributed by atoms with Gasteiger partial charge in [0.25, 0.3) is 0 Å². The fourth-order valence-electron chi connectivity index (χ4n) is 2.76. The number of ether oxygens (including phenoxy) is 2. The van der Waals surface area contributed by atoms with Gasteiger partial charge in [-0.2, -0.15) is 0 Å². The second-order valence-electron chi connectivity index (χ2n) is 5.95. The molecular formula is C20H19BrFNO3. The number of carbonyl (C=O) groups is 1. The summed E-state index contributed by atoms with van der Waals surface area (Å²) in [6.07, 6.45) is 1.83. The predicted octanol–water partition coefficient (Wildman–Crippen LogP) is 4.12. The fraction of sp³-hybridized carbons (Fsp3) is 0.250. The lowest BCUT2D eigenvalue weighted by molar-refractivity contribution is -0.130. The molecule has 136 valence electrons. The maximum atomic E-state index is 14.0. The number of nitrogens with zero attached hydrogens (tertiary/aromatic N) is 1. The molecule has 26 heavy (non-hydrogen) atoms. The highest BCUT2D eigenvalue weighted by Gasteiger charge is 2.18. The van der Waals surface area contributed by atoms with Crippen molar-refractivity contribution in [2.45, 2.75) is 13.0 Å². The van der Waals surface area contributed by atoms with Gasteiger partial charge in [-0.3, -0.25) is 4.79 Å². The molecule has 0 radical (unpaired) electrons. The first-order valence-electron chi connectivity index (χ1n) is 8.28. The molecule has 1 aliphatic rings. The highest BCUT2D eigenvalue weighted by Crippen LogP contribution is 2.31. The summed E-state index contributed by atoms with van der Waals surface area (Å²) in [7, 11) is 0. The lowest BCUT2D eigenvalue weighted by Gasteiger charge is -2.23. The molecule has 0 unspecified atom stereocenters. The van der Waals surface area contributed by atoms with Crippen LogP contribution in [0.25, 0.3) is 0 Å². The molecule has 0 N–H and O–H groups in total. The summed E-state index contributed by atoms with van der Waals surface area (Å²) in [6.45, 7) is 5.24. The minimum atomic E-state index is -0.339. The number of hydrogen-bond acceptors (Lipinski definition) is 3. The van der Waals surface area contributed by atoms with Crippen molar-refractivity contribution in [3.63, 3.8) is 0 Å². The van der Waals surface area contributed by atoms with E-state index in [0.29, 0.717) is 36.8 Å². The van der Waals surface area contributed by atoms with E-state index in [4.69, 9.17) is 9.47 Å². The molecule has 6 heteroatoms. The standard InChI is InChI=1S/C20H19BrFNO3/c1-2-7-23(13-15-12-16(21)4-5-17(15)22)20(24)11-14-3-6-18-19(10-14)26-9-8-25-18/h2-6,10,12H,1,7-9,11,13H2. The number of carbonyl (C=O) groups excluding carboxylic acids is 1. The number of fused-ring (bicyclic) bond motifs is 1. The van der Waals surface area contributed by atoms with Crippen LogP contribution in [0.1, 0.15) is 11.1 Å². The topological polar surface area (TPSA) is 38.8 Å². The van der Waals surface area contributed by atoms with E-state index in [0.717, 1.165) is 10.0 Å². The lowest BCUT2D eigenvalue weighted by Crippen LogP contribution is -2.32. The summed E-state index contributed by atoms with van der Waals surface area (Å²) in [6, 6.07) is 10.2. The van der Waals surface area contributed by atoms with Crippen LogP contribution in [0.15, 0.2) is 53.5 Å². The molecule has 0 fully saturated rings. The highest BCUT2D eigenvalue weighted by molar-refractivity contribution is 9.10. The van der Waals surface area contributed by atoms with Crippen molar-refractivity contribution in [1.82, 2.24) is 4.90 Å². The predicted molar refractivity (Wildman–Crippen MR) is 101 cm³/mol. The molecule has 0 atom stereocenters. The van der Waals surface area contributed by atoms with Crippen LogP contribution in [0.5, 0.6) is 11.5 Å². The van der Waals surface area contributed by atoms with E-state index in [9.17, 15) is 9.18 Å². The van der Waals surface area contributed by atoms with Gasteiger partial charge in [0.1, 0.15) is 19.0 Å². The van der Waals surface area contributed by atoms with Crippen molar-refractivity contribution in [3.8, 4) is 11.5 Å². The SMILES string of the molecule is C=CCN(Cc1cc(Br)ccc1F)C(=O)Cc1ccc2c(c1)OCCO2. The molecular weight excluding hydrogens is 401 g/mol. The van der Waals surface area contributed by atoms with Crippen LogP contribution in [0.2, 0.25) is 0 Å². The first-order valence-corrected chi connectivity index (χ1v) is 9.07. The van der Waals surface area contributed by atoms with E-state index >= 15 is 0 Å². The van der Waals surface area contributed by atoms with Gasteiger partial charge in [-0.1, -0.05) is 28.1 Å². The minimum Gasteiger partial charge on any atom is -0.486 e. The summed E-state index contributed by atoms with van der Waals surface area (Å²) in [4.78, 5) is 14.3. The van der Waals surface area contributed by atoms with Crippen LogP contribution in [0.4, 0.5) is 4.39 Å². The molecule has 0 saturated carbocycles. The van der Waals surface area contributed by atoms with E-state index in [1.165, 1.54) is 6.07 Å². The van der Waals surface area contributed by atoms with Crippen LogP contribution in [0, 0.1) is 5.82 Å². The molecule has 2 aromatic rings. The van der Waals surface area contributed by atoms with Gasteiger partial charge >= 0.3 is 0 Å². The Hall–Kier alpha value is -2.34. The van der Waals surface area contributed by atoms with E-state index in [2.05, 4.69) is 22.5 Å². The second kappa shape index (κ2) is 8.36. The van der Waals surface area contributed by atoms with Crippen LogP contribution in [0.3, 0.4) is 0 Å². The van der Waals surface area contributed by atoms with E-state index in [1.54, 1.807) is 23.1 Å². The Kier molecular flexibility index (Phi) is 5.93. The Morgan fingerprint density at radius 1 is 1.19 bits per heavy atom. The molecule has 2 aromatic carbocycles. The summed E-state index contributed by atoms with van der Waals surface area (Å²) in [5, 5.41) is 0. The van der Waals surface area contributed by atoms with E-state index in [1.807, 2.05) is 18.2 Å². The van der Waals surface area contributed by atoms with Gasteiger partial charge < -0.3 is 14.4 Å². The van der Waals surface area contributed by atoms with Gasteiger partial charge in [0.05, 0.1) is 6.42 Å². The third kappa shape index (κ3) is 4.43. The van der Waals surface area contributed by atoms with E-state index < -0.39 is 0 Å². The van der Waals surface area contributed by atoms with Gasteiger partial charge in [0, 0.05) is 23.1 Å². The zero-order valence-corrected chi connectivity index (χ0v) is 15.8. The number of benzene rings is 2. The maximum absolute atomic E-state index is 14.0. The van der Waals surface area contributed by atoms with Crippen LogP contribution in [-0.2, 0) is 17.8 Å². The number of rotatable bonds is 6. The Balaban J connectivity index is 1.74. The van der Waals surface area contributed by atoms with Crippen molar-refractivity contribution in [1.29, 1.82) is 0 Å². The normalized spacial score (nSPS) is 12.5. The summed E-state index contributed by atoms with van der Waals surface area (Å²) >= 11 is 3.33. The summed E-state index contributed by atoms with van der Waals surface area (Å²) in [5.74, 6) is 0.886. The van der Waals surface area contributed by atoms with Crippen molar-refractivity contribution < 1.29 is 18.7 Å². The Morgan fingerprint density at radius 3 is 2.73 bits per heavy atom. The first-order chi connectivity index (χ1) is 12.6. The van der Waals surface area contributed by atoms with Gasteiger partial charge in [0.2, 0.25) is 5.91 Å². The van der Waals surface area contributed by atoms with E-state index in [-0.39, 0.29) is 24.7 Å². The number of amides is 1. The largest absolute Gasteiger partial charge is 0.486 e. The van der Waals surface area contributed by atoms with Gasteiger partial charge in [-0.05, 0) is 35.9 Å². The monoisotopic (exact) mass is 419 g/mol. The van der Waals surface area contributed by atoms with Crippen molar-refractivity contribution >= 4 is 21.8 Å². The molecule has 0 aromatic heterocycles. The Morgan fingerprint density at radius 2 is 1.96 bits per heavy atom. The molecule has 1 heterocycles. The molecule has 0 saturated heterocycles. The third-order valence-electron chi connectivity index (χ3n) is 4.03. The minimum absolute atomic E-state index is 0.110. The number of hydrogen-bond donors (Lipinski definition) is 0. The summed E-state index contributed by atoms with van der Waals surface area (Å²) < 4.78 is 25.9. The van der Waals surface area contributed by atoms with Gasteiger partial charge in [0.15, 0.2) is 11.5 Å².